The number of aromatic nitrogens is 4. The summed E-state index contributed by atoms with van der Waals surface area (Å²) in [6.07, 6.45) is 5.94. The van der Waals surface area contributed by atoms with Crippen molar-refractivity contribution in [3.05, 3.63) is 60.0 Å². The second-order valence-electron chi connectivity index (χ2n) is 8.64. The molecule has 0 radical (unpaired) electrons. The summed E-state index contributed by atoms with van der Waals surface area (Å²) in [7, 11) is 5.99. The number of nitrogens with zero attached hydrogens (tertiary/aromatic N) is 6. The molecule has 0 unspecified atom stereocenters. The van der Waals surface area contributed by atoms with Crippen LogP contribution in [0.4, 0.5) is 17.3 Å². The van der Waals surface area contributed by atoms with Gasteiger partial charge >= 0.3 is 0 Å². The van der Waals surface area contributed by atoms with E-state index < -0.39 is 0 Å². The molecular weight excluding hydrogens is 450 g/mol. The van der Waals surface area contributed by atoms with Gasteiger partial charge in [-0.2, -0.15) is 0 Å². The fraction of sp³-hybridized carbons (Fsp3) is 0.320. The number of ether oxygens (including phenoxy) is 1. The maximum Gasteiger partial charge on any atom is 0.227 e. The van der Waals surface area contributed by atoms with Gasteiger partial charge < -0.3 is 19.9 Å². The second-order valence-corrected chi connectivity index (χ2v) is 8.99. The van der Waals surface area contributed by atoms with E-state index in [1.807, 2.05) is 40.9 Å². The molecule has 0 bridgehead atoms. The molecule has 1 aliphatic rings. The average molecular weight is 478 g/mol. The fourth-order valence-electron chi connectivity index (χ4n) is 4.49. The number of halogens is 1. The van der Waals surface area contributed by atoms with E-state index in [9.17, 15) is 0 Å². The molecule has 4 heterocycles. The maximum atomic E-state index is 6.44. The highest BCUT2D eigenvalue weighted by Crippen LogP contribution is 2.33. The van der Waals surface area contributed by atoms with E-state index in [1.54, 1.807) is 13.3 Å². The number of anilines is 3. The van der Waals surface area contributed by atoms with E-state index in [2.05, 4.69) is 51.3 Å². The Morgan fingerprint density at radius 3 is 2.68 bits per heavy atom. The lowest BCUT2D eigenvalue weighted by Gasteiger charge is -2.36. The molecule has 3 aromatic heterocycles. The first-order chi connectivity index (χ1) is 16.5. The van der Waals surface area contributed by atoms with Gasteiger partial charge in [0, 0.05) is 43.3 Å². The molecule has 0 amide bonds. The minimum absolute atomic E-state index is 0.399. The molecule has 4 aromatic rings. The monoisotopic (exact) mass is 477 g/mol. The number of rotatable bonds is 6. The van der Waals surface area contributed by atoms with E-state index >= 15 is 0 Å². The van der Waals surface area contributed by atoms with E-state index in [1.165, 1.54) is 0 Å². The van der Waals surface area contributed by atoms with Gasteiger partial charge in [-0.1, -0.05) is 17.7 Å². The predicted molar refractivity (Wildman–Crippen MR) is 136 cm³/mol. The molecule has 34 heavy (non-hydrogen) atoms. The Morgan fingerprint density at radius 1 is 1.09 bits per heavy atom. The molecule has 0 saturated carbocycles. The normalized spacial score (nSPS) is 14.7. The van der Waals surface area contributed by atoms with Crippen molar-refractivity contribution in [2.24, 2.45) is 0 Å². The summed E-state index contributed by atoms with van der Waals surface area (Å²) in [5, 5.41) is 3.70. The van der Waals surface area contributed by atoms with Crippen LogP contribution in [0.15, 0.2) is 54.9 Å². The number of hydrogen-bond acceptors (Lipinski definition) is 7. The molecule has 9 heteroatoms. The highest BCUT2D eigenvalue weighted by Gasteiger charge is 2.22. The van der Waals surface area contributed by atoms with Crippen LogP contribution in [0.3, 0.4) is 0 Å². The van der Waals surface area contributed by atoms with Crippen molar-refractivity contribution < 1.29 is 4.74 Å². The zero-order valence-electron chi connectivity index (χ0n) is 19.6. The summed E-state index contributed by atoms with van der Waals surface area (Å²) in [6.45, 7) is 2.06. The molecule has 176 valence electrons. The highest BCUT2D eigenvalue weighted by molar-refractivity contribution is 6.32. The van der Waals surface area contributed by atoms with Crippen LogP contribution in [-0.4, -0.2) is 64.6 Å². The zero-order chi connectivity index (χ0) is 23.7. The standard InChI is InChI=1S/C25H28ClN7O/c1-31(2)17-10-14-32(15-11-17)18-7-8-19(21(16-18)34-3)28-25-27-12-9-20(29-25)23-24(26)30-22-6-4-5-13-33(22)23/h4-9,12-13,16-17H,10-11,14-15H2,1-3H3,(H,27,28,29). The van der Waals surface area contributed by atoms with Crippen molar-refractivity contribution in [1.29, 1.82) is 0 Å². The van der Waals surface area contributed by atoms with Gasteiger partial charge in [0.05, 0.1) is 18.5 Å². The summed E-state index contributed by atoms with van der Waals surface area (Å²) in [4.78, 5) is 18.2. The van der Waals surface area contributed by atoms with Gasteiger partial charge in [-0.05, 0) is 57.3 Å². The lowest BCUT2D eigenvalue weighted by Crippen LogP contribution is -2.41. The summed E-state index contributed by atoms with van der Waals surface area (Å²) in [6, 6.07) is 14.4. The van der Waals surface area contributed by atoms with Crippen molar-refractivity contribution >= 4 is 34.6 Å². The number of piperidine rings is 1. The van der Waals surface area contributed by atoms with Crippen LogP contribution in [-0.2, 0) is 0 Å². The maximum absolute atomic E-state index is 6.44. The van der Waals surface area contributed by atoms with Crippen molar-refractivity contribution in [1.82, 2.24) is 24.3 Å². The van der Waals surface area contributed by atoms with Crippen LogP contribution < -0.4 is 15.0 Å². The molecule has 0 spiro atoms. The molecule has 0 atom stereocenters. The van der Waals surface area contributed by atoms with Crippen LogP contribution >= 0.6 is 11.6 Å². The lowest BCUT2D eigenvalue weighted by atomic mass is 10.0. The van der Waals surface area contributed by atoms with Gasteiger partial charge in [-0.15, -0.1) is 0 Å². The third-order valence-corrected chi connectivity index (χ3v) is 6.64. The van der Waals surface area contributed by atoms with Crippen molar-refractivity contribution in [2.75, 3.05) is 44.5 Å². The van der Waals surface area contributed by atoms with E-state index in [0.29, 0.717) is 22.8 Å². The molecule has 1 aromatic carbocycles. The SMILES string of the molecule is COc1cc(N2CCC(N(C)C)CC2)ccc1Nc1nccc(-c2c(Cl)nc3ccccn23)n1. The number of hydrogen-bond donors (Lipinski definition) is 1. The molecule has 1 N–H and O–H groups in total. The molecule has 1 fully saturated rings. The van der Waals surface area contributed by atoms with E-state index in [-0.39, 0.29) is 0 Å². The minimum atomic E-state index is 0.399. The number of pyridine rings is 1. The van der Waals surface area contributed by atoms with Gasteiger partial charge in [0.15, 0.2) is 5.15 Å². The summed E-state index contributed by atoms with van der Waals surface area (Å²) in [5.74, 6) is 1.20. The first-order valence-corrected chi connectivity index (χ1v) is 11.7. The average Bonchev–Trinajstić information content (AvgIpc) is 3.20. The lowest BCUT2D eigenvalue weighted by molar-refractivity contribution is 0.249. The Morgan fingerprint density at radius 2 is 1.91 bits per heavy atom. The summed E-state index contributed by atoms with van der Waals surface area (Å²) < 4.78 is 7.62. The first kappa shape index (κ1) is 22.4. The Kier molecular flexibility index (Phi) is 6.26. The largest absolute Gasteiger partial charge is 0.494 e. The first-order valence-electron chi connectivity index (χ1n) is 11.4. The van der Waals surface area contributed by atoms with Crippen LogP contribution in [0.1, 0.15) is 12.8 Å². The minimum Gasteiger partial charge on any atom is -0.494 e. The van der Waals surface area contributed by atoms with Gasteiger partial charge in [-0.3, -0.25) is 4.40 Å². The van der Waals surface area contributed by atoms with E-state index in [0.717, 1.165) is 54.4 Å². The topological polar surface area (TPSA) is 70.8 Å². The molecule has 0 aliphatic carbocycles. The molecule has 5 rings (SSSR count). The van der Waals surface area contributed by atoms with Crippen molar-refractivity contribution in [3.8, 4) is 17.1 Å². The molecule has 8 nitrogen and oxygen atoms in total. The van der Waals surface area contributed by atoms with Gasteiger partial charge in [0.2, 0.25) is 5.95 Å². The van der Waals surface area contributed by atoms with Crippen LogP contribution in [0, 0.1) is 0 Å². The Labute approximate surface area is 204 Å². The predicted octanol–water partition coefficient (Wildman–Crippen LogP) is 4.73. The Hall–Kier alpha value is -3.36. The third-order valence-electron chi connectivity index (χ3n) is 6.38. The Bertz CT molecular complexity index is 1300. The Balaban J connectivity index is 1.38. The van der Waals surface area contributed by atoms with Gasteiger partial charge in [0.1, 0.15) is 17.1 Å². The van der Waals surface area contributed by atoms with Crippen molar-refractivity contribution in [3.63, 3.8) is 0 Å². The highest BCUT2D eigenvalue weighted by atomic mass is 35.5. The number of imidazole rings is 1. The van der Waals surface area contributed by atoms with E-state index in [4.69, 9.17) is 21.3 Å². The number of nitrogens with one attached hydrogen (secondary N) is 1. The van der Waals surface area contributed by atoms with Gasteiger partial charge in [0.25, 0.3) is 0 Å². The smallest absolute Gasteiger partial charge is 0.227 e. The number of fused-ring (bicyclic) bond motifs is 1. The number of benzene rings is 1. The number of methoxy groups -OCH3 is 1. The fourth-order valence-corrected chi connectivity index (χ4v) is 4.76. The summed E-state index contributed by atoms with van der Waals surface area (Å²) >= 11 is 6.44. The van der Waals surface area contributed by atoms with Crippen LogP contribution in [0.5, 0.6) is 5.75 Å². The summed E-state index contributed by atoms with van der Waals surface area (Å²) in [5.41, 5.74) is 4.14. The quantitative estimate of drug-likeness (QED) is 0.430. The van der Waals surface area contributed by atoms with Crippen LogP contribution in [0.2, 0.25) is 5.15 Å². The van der Waals surface area contributed by atoms with Crippen LogP contribution in [0.25, 0.3) is 17.0 Å². The van der Waals surface area contributed by atoms with Crippen molar-refractivity contribution in [2.45, 2.75) is 18.9 Å². The third kappa shape index (κ3) is 4.38. The second kappa shape index (κ2) is 9.48. The zero-order valence-corrected chi connectivity index (χ0v) is 20.3. The molecule has 1 aliphatic heterocycles. The molecule has 1 saturated heterocycles. The van der Waals surface area contributed by atoms with Gasteiger partial charge in [-0.25, -0.2) is 15.0 Å². The molecular formula is C25H28ClN7O.